The van der Waals surface area contributed by atoms with Crippen molar-refractivity contribution in [3.63, 3.8) is 0 Å². The minimum Gasteiger partial charge on any atom is -0.497 e. The number of nitrogens with zero attached hydrogens (tertiary/aromatic N) is 4. The zero-order valence-electron chi connectivity index (χ0n) is 23.9. The molecule has 1 N–H and O–H groups in total. The van der Waals surface area contributed by atoms with Crippen LogP contribution in [0, 0.1) is 6.92 Å². The van der Waals surface area contributed by atoms with Crippen LogP contribution in [0.4, 0.5) is 5.82 Å². The van der Waals surface area contributed by atoms with Gasteiger partial charge >= 0.3 is 0 Å². The van der Waals surface area contributed by atoms with Gasteiger partial charge in [-0.3, -0.25) is 19.5 Å². The summed E-state index contributed by atoms with van der Waals surface area (Å²) in [6, 6.07) is 29.5. The molecule has 0 radical (unpaired) electrons. The van der Waals surface area contributed by atoms with Crippen LogP contribution in [0.1, 0.15) is 27.5 Å². The number of ether oxygens (including phenoxy) is 1. The first-order valence-corrected chi connectivity index (χ1v) is 15.0. The second-order valence-electron chi connectivity index (χ2n) is 10.2. The summed E-state index contributed by atoms with van der Waals surface area (Å²) in [6.07, 6.45) is 3.38. The number of carbonyl (C=O) groups is 2. The van der Waals surface area contributed by atoms with Gasteiger partial charge in [-0.2, -0.15) is 5.10 Å². The third kappa shape index (κ3) is 5.89. The maximum Gasteiger partial charge on any atom is 0.240 e. The van der Waals surface area contributed by atoms with Gasteiger partial charge in [0.1, 0.15) is 18.1 Å². The fourth-order valence-electron chi connectivity index (χ4n) is 5.26. The Morgan fingerprint density at radius 3 is 2.42 bits per heavy atom. The van der Waals surface area contributed by atoms with E-state index in [4.69, 9.17) is 9.84 Å². The van der Waals surface area contributed by atoms with E-state index in [0.29, 0.717) is 18.1 Å². The van der Waals surface area contributed by atoms with Crippen molar-refractivity contribution in [1.82, 2.24) is 20.1 Å². The zero-order valence-corrected chi connectivity index (χ0v) is 24.8. The van der Waals surface area contributed by atoms with Crippen LogP contribution in [0.15, 0.2) is 103 Å². The second-order valence-corrected chi connectivity index (χ2v) is 11.3. The van der Waals surface area contributed by atoms with Crippen LogP contribution >= 0.6 is 11.8 Å². The van der Waals surface area contributed by atoms with Gasteiger partial charge in [-0.25, -0.2) is 4.68 Å². The Balaban J connectivity index is 1.52. The van der Waals surface area contributed by atoms with Crippen molar-refractivity contribution in [3.8, 4) is 22.7 Å². The van der Waals surface area contributed by atoms with E-state index in [9.17, 15) is 9.59 Å². The SMILES string of the molecule is COc1ccc(-n2nc(-c3ccccc3)c3c2N(CC(=O)NCc2ccncc2)C(=O)CS[C@@H]3c2ccccc2C)cc1. The Morgan fingerprint density at radius 2 is 1.70 bits per heavy atom. The molecule has 6 rings (SSSR count). The topological polar surface area (TPSA) is 89.3 Å². The van der Waals surface area contributed by atoms with Gasteiger partial charge in [0, 0.05) is 30.1 Å². The van der Waals surface area contributed by atoms with E-state index in [0.717, 1.165) is 39.2 Å². The highest BCUT2D eigenvalue weighted by Crippen LogP contribution is 2.49. The van der Waals surface area contributed by atoms with Gasteiger partial charge in [0.25, 0.3) is 0 Å². The fourth-order valence-corrected chi connectivity index (χ4v) is 6.55. The van der Waals surface area contributed by atoms with Gasteiger partial charge in [0.05, 0.1) is 29.5 Å². The van der Waals surface area contributed by atoms with Crippen LogP contribution < -0.4 is 15.0 Å². The van der Waals surface area contributed by atoms with Gasteiger partial charge in [-0.15, -0.1) is 11.8 Å². The first kappa shape index (κ1) is 28.2. The van der Waals surface area contributed by atoms with Gasteiger partial charge < -0.3 is 10.1 Å². The average molecular weight is 590 g/mol. The molecular weight excluding hydrogens is 558 g/mol. The molecule has 3 heterocycles. The third-order valence-electron chi connectivity index (χ3n) is 7.46. The minimum atomic E-state index is -0.265. The van der Waals surface area contributed by atoms with Crippen molar-refractivity contribution in [2.75, 3.05) is 24.3 Å². The average Bonchev–Trinajstić information content (AvgIpc) is 3.38. The molecule has 3 aromatic carbocycles. The van der Waals surface area contributed by atoms with Crippen molar-refractivity contribution in [1.29, 1.82) is 0 Å². The molecule has 0 bridgehead atoms. The number of methoxy groups -OCH3 is 1. The number of anilines is 1. The molecule has 0 unspecified atom stereocenters. The van der Waals surface area contributed by atoms with Crippen LogP contribution in [0.2, 0.25) is 0 Å². The number of rotatable bonds is 8. The zero-order chi connectivity index (χ0) is 29.8. The molecule has 9 heteroatoms. The van der Waals surface area contributed by atoms with E-state index >= 15 is 0 Å². The normalized spacial score (nSPS) is 14.6. The Morgan fingerprint density at radius 1 is 0.977 bits per heavy atom. The van der Waals surface area contributed by atoms with E-state index in [-0.39, 0.29) is 29.4 Å². The first-order chi connectivity index (χ1) is 21.0. The highest BCUT2D eigenvalue weighted by atomic mass is 32.2. The molecule has 2 amide bonds. The number of aryl methyl sites for hydroxylation is 1. The molecule has 0 saturated heterocycles. The van der Waals surface area contributed by atoms with Crippen LogP contribution in [0.25, 0.3) is 16.9 Å². The summed E-state index contributed by atoms with van der Waals surface area (Å²) >= 11 is 1.56. The van der Waals surface area contributed by atoms with E-state index in [2.05, 4.69) is 29.4 Å². The largest absolute Gasteiger partial charge is 0.497 e. The monoisotopic (exact) mass is 589 g/mol. The number of nitrogens with one attached hydrogen (secondary N) is 1. The number of fused-ring (bicyclic) bond motifs is 1. The van der Waals surface area contributed by atoms with Crippen LogP contribution in [-0.4, -0.2) is 46.0 Å². The molecular formula is C34H31N5O3S. The number of pyridine rings is 1. The fraction of sp³-hybridized carbons (Fsp3) is 0.176. The van der Waals surface area contributed by atoms with Crippen molar-refractivity contribution >= 4 is 29.4 Å². The molecule has 43 heavy (non-hydrogen) atoms. The van der Waals surface area contributed by atoms with E-state index in [1.54, 1.807) is 40.8 Å². The van der Waals surface area contributed by atoms with Crippen LogP contribution in [0.3, 0.4) is 0 Å². The highest BCUT2D eigenvalue weighted by Gasteiger charge is 2.38. The molecule has 0 fully saturated rings. The maximum absolute atomic E-state index is 13.9. The lowest BCUT2D eigenvalue weighted by atomic mass is 9.97. The number of hydrogen-bond donors (Lipinski definition) is 1. The van der Waals surface area contributed by atoms with Gasteiger partial charge in [-0.1, -0.05) is 54.6 Å². The molecule has 216 valence electrons. The predicted molar refractivity (Wildman–Crippen MR) is 169 cm³/mol. The Hall–Kier alpha value is -4.89. The van der Waals surface area contributed by atoms with Gasteiger partial charge in [-0.05, 0) is 60.0 Å². The molecule has 1 atom stereocenters. The van der Waals surface area contributed by atoms with E-state index in [1.807, 2.05) is 78.9 Å². The summed E-state index contributed by atoms with van der Waals surface area (Å²) in [4.78, 5) is 33.0. The molecule has 1 aliphatic heterocycles. The minimum absolute atomic E-state index is 0.145. The standard InChI is InChI=1S/C34H31N5O3S/c1-23-8-6-7-11-28(23)33-31-32(25-9-4-3-5-10-25)37-39(26-12-14-27(42-2)15-13-26)34(31)38(30(41)22-43-33)21-29(40)36-20-24-16-18-35-19-17-24/h3-19,33H,20-22H2,1-2H3,(H,36,40)/t33-/m1/s1. The summed E-state index contributed by atoms with van der Waals surface area (Å²) < 4.78 is 7.19. The molecule has 5 aromatic rings. The number of carbonyl (C=O) groups excluding carboxylic acids is 2. The smallest absolute Gasteiger partial charge is 0.240 e. The lowest BCUT2D eigenvalue weighted by Crippen LogP contribution is -2.42. The number of hydrogen-bond acceptors (Lipinski definition) is 6. The highest BCUT2D eigenvalue weighted by molar-refractivity contribution is 8.00. The summed E-state index contributed by atoms with van der Waals surface area (Å²) in [5.74, 6) is 1.09. The summed E-state index contributed by atoms with van der Waals surface area (Å²) in [6.45, 7) is 2.28. The van der Waals surface area contributed by atoms with Crippen molar-refractivity contribution in [3.05, 3.63) is 126 Å². The second kappa shape index (κ2) is 12.5. The third-order valence-corrected chi connectivity index (χ3v) is 8.70. The van der Waals surface area contributed by atoms with Gasteiger partial charge in [0.15, 0.2) is 0 Å². The molecule has 0 aliphatic carbocycles. The molecule has 0 spiro atoms. The Kier molecular flexibility index (Phi) is 8.24. The Bertz CT molecular complexity index is 1740. The number of aromatic nitrogens is 3. The Labute approximate surface area is 254 Å². The van der Waals surface area contributed by atoms with Crippen LogP contribution in [-0.2, 0) is 16.1 Å². The lowest BCUT2D eigenvalue weighted by molar-refractivity contribution is -0.123. The van der Waals surface area contributed by atoms with E-state index in [1.165, 1.54) is 0 Å². The number of amides is 2. The number of thioether (sulfide) groups is 1. The summed E-state index contributed by atoms with van der Waals surface area (Å²) in [5.41, 5.74) is 6.51. The predicted octanol–water partition coefficient (Wildman–Crippen LogP) is 5.74. The van der Waals surface area contributed by atoms with Crippen LogP contribution in [0.5, 0.6) is 5.75 Å². The molecule has 1 aliphatic rings. The quantitative estimate of drug-likeness (QED) is 0.249. The molecule has 0 saturated carbocycles. The van der Waals surface area contributed by atoms with Crippen molar-refractivity contribution in [2.24, 2.45) is 0 Å². The summed E-state index contributed by atoms with van der Waals surface area (Å²) in [7, 11) is 1.62. The molecule has 8 nitrogen and oxygen atoms in total. The molecule has 2 aromatic heterocycles. The number of benzene rings is 3. The first-order valence-electron chi connectivity index (χ1n) is 14.0. The van der Waals surface area contributed by atoms with E-state index < -0.39 is 0 Å². The maximum atomic E-state index is 13.9. The van der Waals surface area contributed by atoms with Gasteiger partial charge in [0.2, 0.25) is 11.8 Å². The lowest BCUT2D eigenvalue weighted by Gasteiger charge is -2.23. The van der Waals surface area contributed by atoms with Crippen molar-refractivity contribution in [2.45, 2.75) is 18.7 Å². The van der Waals surface area contributed by atoms with Crippen molar-refractivity contribution < 1.29 is 14.3 Å². The summed E-state index contributed by atoms with van der Waals surface area (Å²) in [5, 5.41) is 7.93.